The first-order valence-corrected chi connectivity index (χ1v) is 11.7. The van der Waals surface area contributed by atoms with Crippen molar-refractivity contribution in [3.8, 4) is 0 Å². The molecule has 1 aromatic carbocycles. The first-order chi connectivity index (χ1) is 13.6. The van der Waals surface area contributed by atoms with Crippen LogP contribution in [0, 0.1) is 23.7 Å². The molecule has 0 radical (unpaired) electrons. The maximum absolute atomic E-state index is 13.7. The van der Waals surface area contributed by atoms with Crippen LogP contribution in [0.25, 0.3) is 0 Å². The number of Topliss-reactive ketones (excluding diaryl/α,β-unsaturated/α-hetero) is 2. The van der Waals surface area contributed by atoms with E-state index in [1.54, 1.807) is 0 Å². The molecule has 2 nitrogen and oxygen atoms in total. The lowest BCUT2D eigenvalue weighted by Crippen LogP contribution is -2.37. The van der Waals surface area contributed by atoms with E-state index in [-0.39, 0.29) is 23.4 Å². The largest absolute Gasteiger partial charge is 0.299 e. The number of benzene rings is 1. The summed E-state index contributed by atoms with van der Waals surface area (Å²) in [6.07, 6.45) is 12.0. The van der Waals surface area contributed by atoms with E-state index in [1.165, 1.54) is 25.7 Å². The molecule has 3 rings (SSSR count). The summed E-state index contributed by atoms with van der Waals surface area (Å²) in [6.45, 7) is 4.45. The van der Waals surface area contributed by atoms with E-state index in [0.717, 1.165) is 50.0 Å². The molecule has 3 atom stereocenters. The lowest BCUT2D eigenvalue weighted by molar-refractivity contribution is -0.137. The molecule has 2 heteroatoms. The molecule has 0 heterocycles. The minimum absolute atomic E-state index is 0.0829. The van der Waals surface area contributed by atoms with Crippen molar-refractivity contribution in [2.45, 2.75) is 90.4 Å². The summed E-state index contributed by atoms with van der Waals surface area (Å²) in [5.74, 6) is 1.75. The Hall–Kier alpha value is -1.44. The highest BCUT2D eigenvalue weighted by Crippen LogP contribution is 2.43. The highest BCUT2D eigenvalue weighted by molar-refractivity contribution is 6.05. The van der Waals surface area contributed by atoms with Crippen LogP contribution >= 0.6 is 0 Å². The summed E-state index contributed by atoms with van der Waals surface area (Å²) in [7, 11) is 0. The van der Waals surface area contributed by atoms with Crippen molar-refractivity contribution < 1.29 is 9.59 Å². The monoisotopic (exact) mass is 382 g/mol. The smallest absolute Gasteiger partial charge is 0.151 e. The van der Waals surface area contributed by atoms with Gasteiger partial charge in [0.1, 0.15) is 5.78 Å². The Bertz CT molecular complexity index is 627. The van der Waals surface area contributed by atoms with Crippen molar-refractivity contribution in [1.82, 2.24) is 0 Å². The predicted molar refractivity (Wildman–Crippen MR) is 115 cm³/mol. The maximum atomic E-state index is 13.7. The van der Waals surface area contributed by atoms with Gasteiger partial charge in [-0.3, -0.25) is 9.59 Å². The molecule has 0 N–H and O–H groups in total. The van der Waals surface area contributed by atoms with Crippen LogP contribution in [0.4, 0.5) is 0 Å². The van der Waals surface area contributed by atoms with Crippen LogP contribution in [0.3, 0.4) is 0 Å². The maximum Gasteiger partial charge on any atom is 0.151 e. The molecule has 0 spiro atoms. The lowest BCUT2D eigenvalue weighted by Gasteiger charge is -2.36. The second-order valence-corrected chi connectivity index (χ2v) is 9.32. The topological polar surface area (TPSA) is 34.1 Å². The van der Waals surface area contributed by atoms with Gasteiger partial charge in [-0.25, -0.2) is 0 Å². The Balaban J connectivity index is 1.74. The van der Waals surface area contributed by atoms with Gasteiger partial charge in [-0.1, -0.05) is 82.7 Å². The van der Waals surface area contributed by atoms with Crippen LogP contribution in [0.15, 0.2) is 30.3 Å². The van der Waals surface area contributed by atoms with Crippen LogP contribution in [0.2, 0.25) is 0 Å². The van der Waals surface area contributed by atoms with Gasteiger partial charge in [-0.15, -0.1) is 0 Å². The fraction of sp³-hybridized carbons (Fsp3) is 0.692. The number of hydrogen-bond acceptors (Lipinski definition) is 2. The first-order valence-electron chi connectivity index (χ1n) is 11.7. The van der Waals surface area contributed by atoms with Gasteiger partial charge in [0.15, 0.2) is 5.78 Å². The predicted octanol–water partition coefficient (Wildman–Crippen LogP) is 6.73. The number of carbonyl (C=O) groups excluding carboxylic acids is 2. The van der Waals surface area contributed by atoms with Crippen molar-refractivity contribution in [2.24, 2.45) is 23.7 Å². The zero-order valence-corrected chi connectivity index (χ0v) is 17.9. The molecular formula is C26H38O2. The normalized spacial score (nSPS) is 29.4. The van der Waals surface area contributed by atoms with E-state index < -0.39 is 0 Å². The molecule has 0 saturated heterocycles. The number of carbonyl (C=O) groups is 2. The van der Waals surface area contributed by atoms with Gasteiger partial charge in [-0.05, 0) is 49.0 Å². The molecule has 1 aromatic rings. The van der Waals surface area contributed by atoms with Gasteiger partial charge >= 0.3 is 0 Å². The van der Waals surface area contributed by atoms with Crippen molar-refractivity contribution in [2.75, 3.05) is 0 Å². The Morgan fingerprint density at radius 1 is 0.893 bits per heavy atom. The van der Waals surface area contributed by atoms with Crippen LogP contribution in [0.1, 0.15) is 96.0 Å². The molecular weight excluding hydrogens is 344 g/mol. The first kappa shape index (κ1) is 21.3. The van der Waals surface area contributed by atoms with E-state index in [1.807, 2.05) is 18.2 Å². The van der Waals surface area contributed by atoms with Gasteiger partial charge < -0.3 is 0 Å². The van der Waals surface area contributed by atoms with Crippen LogP contribution in [-0.2, 0) is 9.59 Å². The van der Waals surface area contributed by atoms with Gasteiger partial charge in [0, 0.05) is 12.3 Å². The van der Waals surface area contributed by atoms with E-state index >= 15 is 0 Å². The Morgan fingerprint density at radius 3 is 2.11 bits per heavy atom. The van der Waals surface area contributed by atoms with Crippen molar-refractivity contribution in [3.63, 3.8) is 0 Å². The minimum Gasteiger partial charge on any atom is -0.299 e. The quantitative estimate of drug-likeness (QED) is 0.467. The summed E-state index contributed by atoms with van der Waals surface area (Å²) in [6, 6.07) is 10.3. The van der Waals surface area contributed by atoms with E-state index in [0.29, 0.717) is 18.3 Å². The van der Waals surface area contributed by atoms with E-state index in [9.17, 15) is 9.59 Å². The highest BCUT2D eigenvalue weighted by atomic mass is 16.2. The second kappa shape index (κ2) is 10.4. The summed E-state index contributed by atoms with van der Waals surface area (Å²) in [5.41, 5.74) is 1.13. The molecule has 0 amide bonds. The summed E-state index contributed by atoms with van der Waals surface area (Å²) < 4.78 is 0. The fourth-order valence-corrected chi connectivity index (χ4v) is 5.81. The molecule has 3 unspecified atom stereocenters. The highest BCUT2D eigenvalue weighted by Gasteiger charge is 2.40. The molecule has 2 saturated carbocycles. The van der Waals surface area contributed by atoms with Gasteiger partial charge in [0.2, 0.25) is 0 Å². The van der Waals surface area contributed by atoms with Gasteiger partial charge in [0.05, 0.1) is 5.92 Å². The molecule has 154 valence electrons. The third kappa shape index (κ3) is 5.13. The molecule has 0 aromatic heterocycles. The third-order valence-electron chi connectivity index (χ3n) is 7.31. The Labute approximate surface area is 171 Å². The van der Waals surface area contributed by atoms with Crippen LogP contribution in [-0.4, -0.2) is 11.6 Å². The standard InChI is InChI=1S/C26H38O2/c1-3-8-19-12-15-22(16-13-19)25(21-10-6-5-7-11-21)26(28)23-17-14-20(9-4-2)18-24(23)27/h5-7,10-11,19-20,22-23,25H,3-4,8-9,12-18H2,1-2H3. The second-order valence-electron chi connectivity index (χ2n) is 9.32. The zero-order valence-electron chi connectivity index (χ0n) is 17.9. The molecule has 28 heavy (non-hydrogen) atoms. The van der Waals surface area contributed by atoms with Gasteiger partial charge in [-0.2, -0.15) is 0 Å². The Morgan fingerprint density at radius 2 is 1.50 bits per heavy atom. The summed E-state index contributed by atoms with van der Waals surface area (Å²) >= 11 is 0. The molecule has 2 aliphatic carbocycles. The molecule has 2 aliphatic rings. The number of rotatable bonds is 8. The van der Waals surface area contributed by atoms with E-state index in [2.05, 4.69) is 26.0 Å². The third-order valence-corrected chi connectivity index (χ3v) is 7.31. The average Bonchev–Trinajstić information content (AvgIpc) is 2.71. The van der Waals surface area contributed by atoms with Crippen molar-refractivity contribution >= 4 is 11.6 Å². The molecule has 0 aliphatic heterocycles. The number of ketones is 2. The number of hydrogen-bond donors (Lipinski definition) is 0. The molecule has 0 bridgehead atoms. The van der Waals surface area contributed by atoms with Crippen LogP contribution < -0.4 is 0 Å². The lowest BCUT2D eigenvalue weighted by atomic mass is 9.67. The SMILES string of the molecule is CCCC1CCC(C(C(=O)C2CCC(CCC)CC2=O)c2ccccc2)CC1. The van der Waals surface area contributed by atoms with Crippen LogP contribution in [0.5, 0.6) is 0 Å². The van der Waals surface area contributed by atoms with Crippen molar-refractivity contribution in [3.05, 3.63) is 35.9 Å². The zero-order chi connectivity index (χ0) is 19.9. The van der Waals surface area contributed by atoms with E-state index in [4.69, 9.17) is 0 Å². The average molecular weight is 383 g/mol. The Kier molecular flexibility index (Phi) is 7.88. The molecule has 2 fully saturated rings. The fourth-order valence-electron chi connectivity index (χ4n) is 5.81. The van der Waals surface area contributed by atoms with Crippen molar-refractivity contribution in [1.29, 1.82) is 0 Å². The summed E-state index contributed by atoms with van der Waals surface area (Å²) in [5, 5.41) is 0. The summed E-state index contributed by atoms with van der Waals surface area (Å²) in [4.78, 5) is 26.5. The van der Waals surface area contributed by atoms with Gasteiger partial charge in [0.25, 0.3) is 0 Å². The minimum atomic E-state index is -0.355.